The third-order valence-electron chi connectivity index (χ3n) is 6.36. The number of methoxy groups -OCH3 is 2. The van der Waals surface area contributed by atoms with Crippen LogP contribution in [0.5, 0.6) is 11.8 Å². The molecule has 2 aromatic rings. The van der Waals surface area contributed by atoms with Gasteiger partial charge in [-0.1, -0.05) is 87.9 Å². The van der Waals surface area contributed by atoms with Crippen LogP contribution in [0.4, 0.5) is 0 Å². The smallest absolute Gasteiger partial charge is 0.313 e. The molecular weight excluding hydrogens is 496 g/mol. The maximum absolute atomic E-state index is 11.6. The molecule has 3 rings (SSSR count). The van der Waals surface area contributed by atoms with Crippen molar-refractivity contribution in [3.63, 3.8) is 0 Å². The molecule has 1 aromatic carbocycles. The van der Waals surface area contributed by atoms with Gasteiger partial charge in [0.05, 0.1) is 38.7 Å². The zero-order valence-corrected chi connectivity index (χ0v) is 23.2. The molecular formula is C27H36N2O5S2. The molecule has 0 spiro atoms. The standard InChI is InChI=1S/C27H36N2O5S2/c1-6-7-14-27(35-18-23(30)31)15-13-20(34-17-19-11-9-8-10-12-19)26(2,3)24(27)36-25-28-21(32-4)16-22(29-25)33-5/h8-13,15-16,20,24H,6-7,14,17-18H2,1-5H3,(H,30,31). The lowest BCUT2D eigenvalue weighted by molar-refractivity contribution is -0.133. The number of nitrogens with zero attached hydrogens (tertiary/aromatic N) is 2. The first kappa shape index (κ1) is 28.3. The molecule has 0 aliphatic heterocycles. The van der Waals surface area contributed by atoms with Crippen LogP contribution in [0.25, 0.3) is 0 Å². The number of unbranched alkanes of at least 4 members (excludes halogenated alkanes) is 1. The number of carboxylic acid groups (broad SMARTS) is 1. The minimum Gasteiger partial charge on any atom is -0.481 e. The zero-order chi connectivity index (χ0) is 26.2. The van der Waals surface area contributed by atoms with Crippen molar-refractivity contribution in [3.05, 3.63) is 54.1 Å². The Hall–Kier alpha value is -2.23. The van der Waals surface area contributed by atoms with Gasteiger partial charge in [0.1, 0.15) is 0 Å². The number of aliphatic carboxylic acids is 1. The van der Waals surface area contributed by atoms with E-state index in [1.807, 2.05) is 18.2 Å². The lowest BCUT2D eigenvalue weighted by Gasteiger charge is -2.51. The minimum atomic E-state index is -0.826. The molecule has 0 fully saturated rings. The highest BCUT2D eigenvalue weighted by Gasteiger charge is 2.52. The van der Waals surface area contributed by atoms with Crippen LogP contribution in [0.3, 0.4) is 0 Å². The minimum absolute atomic E-state index is 0.0129. The molecule has 0 bridgehead atoms. The monoisotopic (exact) mass is 532 g/mol. The van der Waals surface area contributed by atoms with Gasteiger partial charge in [0, 0.05) is 15.4 Å². The average Bonchev–Trinajstić information content (AvgIpc) is 2.88. The van der Waals surface area contributed by atoms with E-state index in [-0.39, 0.29) is 22.5 Å². The number of aromatic nitrogens is 2. The van der Waals surface area contributed by atoms with Crippen LogP contribution in [-0.4, -0.2) is 57.1 Å². The number of hydrogen-bond acceptors (Lipinski definition) is 8. The lowest BCUT2D eigenvalue weighted by atomic mass is 9.71. The van der Waals surface area contributed by atoms with Crippen LogP contribution in [-0.2, 0) is 16.1 Å². The predicted octanol–water partition coefficient (Wildman–Crippen LogP) is 5.88. The number of rotatable bonds is 13. The zero-order valence-electron chi connectivity index (χ0n) is 21.6. The summed E-state index contributed by atoms with van der Waals surface area (Å²) in [6, 6.07) is 11.7. The summed E-state index contributed by atoms with van der Waals surface area (Å²) < 4.78 is 16.8. The Morgan fingerprint density at radius 2 is 1.78 bits per heavy atom. The summed E-state index contributed by atoms with van der Waals surface area (Å²) in [6.45, 7) is 7.01. The van der Waals surface area contributed by atoms with Crippen LogP contribution >= 0.6 is 23.5 Å². The Bertz CT molecular complexity index is 1010. The molecule has 0 saturated carbocycles. The van der Waals surface area contributed by atoms with Crippen molar-refractivity contribution >= 4 is 29.5 Å². The second kappa shape index (κ2) is 12.8. The van der Waals surface area contributed by atoms with Gasteiger partial charge in [0.2, 0.25) is 11.8 Å². The highest BCUT2D eigenvalue weighted by Crippen LogP contribution is 2.55. The fourth-order valence-electron chi connectivity index (χ4n) is 4.46. The molecule has 3 unspecified atom stereocenters. The van der Waals surface area contributed by atoms with Crippen molar-refractivity contribution in [2.45, 2.75) is 67.9 Å². The first-order valence-corrected chi connectivity index (χ1v) is 13.9. The van der Waals surface area contributed by atoms with Crippen molar-refractivity contribution < 1.29 is 24.1 Å². The molecule has 1 aliphatic rings. The number of benzene rings is 1. The normalized spacial score (nSPS) is 22.8. The maximum atomic E-state index is 11.6. The van der Waals surface area contributed by atoms with Gasteiger partial charge in [-0.15, -0.1) is 11.8 Å². The number of carbonyl (C=O) groups is 1. The van der Waals surface area contributed by atoms with E-state index in [1.165, 1.54) is 23.5 Å². The molecule has 3 atom stereocenters. The summed E-state index contributed by atoms with van der Waals surface area (Å²) in [6.07, 6.45) is 6.94. The van der Waals surface area contributed by atoms with Crippen LogP contribution < -0.4 is 9.47 Å². The van der Waals surface area contributed by atoms with Crippen molar-refractivity contribution in [2.24, 2.45) is 5.41 Å². The third-order valence-corrected chi connectivity index (χ3v) is 9.68. The quantitative estimate of drug-likeness (QED) is 0.251. The van der Waals surface area contributed by atoms with Gasteiger partial charge in [-0.3, -0.25) is 4.79 Å². The summed E-state index contributed by atoms with van der Waals surface area (Å²) in [5.74, 6) is 0.0250. The van der Waals surface area contributed by atoms with Crippen molar-refractivity contribution in [1.29, 1.82) is 0 Å². The molecule has 0 radical (unpaired) electrons. The van der Waals surface area contributed by atoms with E-state index in [9.17, 15) is 9.90 Å². The molecule has 0 amide bonds. The number of ether oxygens (including phenoxy) is 3. The summed E-state index contributed by atoms with van der Waals surface area (Å²) in [4.78, 5) is 20.8. The molecule has 1 heterocycles. The Kier molecular flexibility index (Phi) is 10.1. The van der Waals surface area contributed by atoms with Crippen molar-refractivity contribution in [2.75, 3.05) is 20.0 Å². The van der Waals surface area contributed by atoms with Crippen molar-refractivity contribution in [3.8, 4) is 11.8 Å². The Labute approximate surface area is 222 Å². The second-order valence-corrected chi connectivity index (χ2v) is 11.8. The van der Waals surface area contributed by atoms with Gasteiger partial charge in [-0.05, 0) is 12.0 Å². The number of thioether (sulfide) groups is 2. The molecule has 1 aromatic heterocycles. The lowest BCUT2D eigenvalue weighted by Crippen LogP contribution is -2.54. The van der Waals surface area contributed by atoms with E-state index in [0.29, 0.717) is 23.5 Å². The van der Waals surface area contributed by atoms with E-state index >= 15 is 0 Å². The third kappa shape index (κ3) is 6.95. The molecule has 0 saturated heterocycles. The van der Waals surface area contributed by atoms with E-state index in [4.69, 9.17) is 14.2 Å². The Balaban J connectivity index is 2.01. The van der Waals surface area contributed by atoms with Gasteiger partial charge in [0.25, 0.3) is 0 Å². The van der Waals surface area contributed by atoms with Crippen LogP contribution in [0.15, 0.2) is 53.7 Å². The summed E-state index contributed by atoms with van der Waals surface area (Å²) in [7, 11) is 3.12. The van der Waals surface area contributed by atoms with Crippen LogP contribution in [0, 0.1) is 5.41 Å². The molecule has 1 aliphatic carbocycles. The average molecular weight is 533 g/mol. The van der Waals surface area contributed by atoms with E-state index < -0.39 is 10.7 Å². The fraction of sp³-hybridized carbons (Fsp3) is 0.519. The van der Waals surface area contributed by atoms with Crippen LogP contribution in [0.1, 0.15) is 45.6 Å². The van der Waals surface area contributed by atoms with Gasteiger partial charge in [0.15, 0.2) is 5.16 Å². The molecule has 7 nitrogen and oxygen atoms in total. The summed E-state index contributed by atoms with van der Waals surface area (Å²) in [5, 5.41) is 10.0. The van der Waals surface area contributed by atoms with Crippen molar-refractivity contribution in [1.82, 2.24) is 9.97 Å². The summed E-state index contributed by atoms with van der Waals surface area (Å²) in [5.41, 5.74) is 0.738. The molecule has 9 heteroatoms. The first-order chi connectivity index (χ1) is 17.2. The second-order valence-electron chi connectivity index (χ2n) is 9.37. The van der Waals surface area contributed by atoms with Crippen LogP contribution in [0.2, 0.25) is 0 Å². The highest BCUT2D eigenvalue weighted by molar-refractivity contribution is 8.04. The van der Waals surface area contributed by atoms with Gasteiger partial charge in [-0.25, -0.2) is 0 Å². The van der Waals surface area contributed by atoms with E-state index in [0.717, 1.165) is 24.8 Å². The Morgan fingerprint density at radius 3 is 2.36 bits per heavy atom. The molecule has 36 heavy (non-hydrogen) atoms. The van der Waals surface area contributed by atoms with Gasteiger partial charge >= 0.3 is 5.97 Å². The summed E-state index contributed by atoms with van der Waals surface area (Å²) >= 11 is 3.02. The SMILES string of the molecule is CCCCC1(SCC(=O)O)C=CC(OCc2ccccc2)C(C)(C)C1Sc1nc(OC)cc(OC)n1. The molecule has 196 valence electrons. The number of hydrogen-bond donors (Lipinski definition) is 1. The predicted molar refractivity (Wildman–Crippen MR) is 145 cm³/mol. The largest absolute Gasteiger partial charge is 0.481 e. The maximum Gasteiger partial charge on any atom is 0.313 e. The van der Waals surface area contributed by atoms with E-state index in [2.05, 4.69) is 55.0 Å². The first-order valence-electron chi connectivity index (χ1n) is 12.1. The highest BCUT2D eigenvalue weighted by atomic mass is 32.2. The Morgan fingerprint density at radius 1 is 1.11 bits per heavy atom. The number of carboxylic acids is 1. The van der Waals surface area contributed by atoms with Gasteiger partial charge < -0.3 is 19.3 Å². The topological polar surface area (TPSA) is 90.8 Å². The van der Waals surface area contributed by atoms with Gasteiger partial charge in [-0.2, -0.15) is 9.97 Å². The fourth-order valence-corrected chi connectivity index (χ4v) is 7.45. The molecule has 1 N–H and O–H groups in total. The van der Waals surface area contributed by atoms with E-state index in [1.54, 1.807) is 20.3 Å².